The normalized spacial score (nSPS) is 14.6. The fourth-order valence-corrected chi connectivity index (χ4v) is 13.9. The number of pyridine rings is 1. The molecule has 15 rings (SSSR count). The van der Waals surface area contributed by atoms with Gasteiger partial charge in [-0.2, -0.15) is 9.97 Å². The second kappa shape index (κ2) is 15.9. The standard InChI is InChI=1S/C62H38N7O3P/c70-73(43-20-8-3-9-21-43)68(51-24-14-28-56-58(51)44-22-10-12-26-54(44)71-56)50-33-31-42(37-53(50)69(73)52-25-15-29-57-59(52)45-23-11-13-27-55(45)72-57)41-30-32-48-46(36-41)47-38-63-35-34-49(47)67(48)62-65-60(39-16-4-1-5-17-39)64-61(66-62)40-18-6-2-7-19-40/h1-38H. The Balaban J connectivity index is 0.974. The van der Waals surface area contributed by atoms with E-state index in [0.717, 1.165) is 99.5 Å². The van der Waals surface area contributed by atoms with Crippen LogP contribution in [0, 0.1) is 0 Å². The highest BCUT2D eigenvalue weighted by Gasteiger charge is 2.50. The van der Waals surface area contributed by atoms with Crippen LogP contribution in [-0.2, 0) is 4.57 Å². The van der Waals surface area contributed by atoms with Crippen molar-refractivity contribution in [1.82, 2.24) is 24.5 Å². The highest BCUT2D eigenvalue weighted by molar-refractivity contribution is 7.76. The van der Waals surface area contributed by atoms with Crippen LogP contribution in [0.5, 0.6) is 0 Å². The number of para-hydroxylation sites is 2. The number of hydrogen-bond acceptors (Lipinski definition) is 7. The molecule has 1 atom stereocenters. The molecule has 5 aromatic heterocycles. The first kappa shape index (κ1) is 41.2. The first-order chi connectivity index (χ1) is 36.1. The fourth-order valence-electron chi connectivity index (χ4n) is 10.9. The van der Waals surface area contributed by atoms with Gasteiger partial charge in [0, 0.05) is 45.1 Å². The van der Waals surface area contributed by atoms with Gasteiger partial charge in [0.2, 0.25) is 5.95 Å². The largest absolute Gasteiger partial charge is 0.456 e. The van der Waals surface area contributed by atoms with E-state index in [0.29, 0.717) is 34.1 Å². The van der Waals surface area contributed by atoms with Crippen molar-refractivity contribution < 1.29 is 13.4 Å². The summed E-state index contributed by atoms with van der Waals surface area (Å²) in [6.07, 6.45) is 3.71. The van der Waals surface area contributed by atoms with Gasteiger partial charge in [-0.05, 0) is 90.0 Å². The van der Waals surface area contributed by atoms with Gasteiger partial charge in [-0.3, -0.25) is 23.5 Å². The molecule has 1 aliphatic heterocycles. The quantitative estimate of drug-likeness (QED) is 0.144. The third-order valence-corrected chi connectivity index (χ3v) is 17.0. The van der Waals surface area contributed by atoms with Crippen LogP contribution in [0.25, 0.3) is 106 Å². The summed E-state index contributed by atoms with van der Waals surface area (Å²) in [5.74, 6) is 1.65. The zero-order valence-electron chi connectivity index (χ0n) is 38.7. The van der Waals surface area contributed by atoms with Gasteiger partial charge in [-0.25, -0.2) is 4.98 Å². The van der Waals surface area contributed by atoms with Crippen LogP contribution in [-0.4, -0.2) is 24.5 Å². The predicted octanol–water partition coefficient (Wildman–Crippen LogP) is 16.0. The van der Waals surface area contributed by atoms with E-state index >= 15 is 4.57 Å². The molecule has 0 radical (unpaired) electrons. The molecule has 0 N–H and O–H groups in total. The van der Waals surface area contributed by atoms with Crippen LogP contribution < -0.4 is 14.6 Å². The fraction of sp³-hybridized carbons (Fsp3) is 0. The Kier molecular flexibility index (Phi) is 9.00. The highest BCUT2D eigenvalue weighted by atomic mass is 31.2. The number of hydrogen-bond donors (Lipinski definition) is 0. The minimum atomic E-state index is -3.90. The van der Waals surface area contributed by atoms with Gasteiger partial charge in [0.25, 0.3) is 0 Å². The molecule has 11 heteroatoms. The second-order valence-corrected chi connectivity index (χ2v) is 20.6. The van der Waals surface area contributed by atoms with E-state index in [1.165, 1.54) is 0 Å². The minimum Gasteiger partial charge on any atom is -0.456 e. The number of furan rings is 2. The average molecular weight is 960 g/mol. The molecule has 9 aromatic carbocycles. The summed E-state index contributed by atoms with van der Waals surface area (Å²) in [5.41, 5.74) is 11.6. The van der Waals surface area contributed by atoms with Crippen LogP contribution in [0.15, 0.2) is 240 Å². The number of benzene rings is 9. The zero-order valence-corrected chi connectivity index (χ0v) is 39.6. The lowest BCUT2D eigenvalue weighted by atomic mass is 10.0. The summed E-state index contributed by atoms with van der Waals surface area (Å²) in [6.45, 7) is 0. The van der Waals surface area contributed by atoms with Crippen LogP contribution in [0.1, 0.15) is 0 Å². The molecule has 1 unspecified atom stereocenters. The van der Waals surface area contributed by atoms with E-state index in [9.17, 15) is 0 Å². The van der Waals surface area contributed by atoms with Crippen molar-refractivity contribution in [3.8, 4) is 39.9 Å². The van der Waals surface area contributed by atoms with E-state index < -0.39 is 7.44 Å². The number of fused-ring (bicyclic) bond motifs is 10. The molecule has 0 fully saturated rings. The Morgan fingerprint density at radius 1 is 0.384 bits per heavy atom. The van der Waals surface area contributed by atoms with Crippen molar-refractivity contribution in [2.24, 2.45) is 0 Å². The molecule has 0 saturated carbocycles. The Hall–Kier alpha value is -9.63. The van der Waals surface area contributed by atoms with E-state index in [1.54, 1.807) is 6.20 Å². The van der Waals surface area contributed by atoms with Crippen LogP contribution in [0.4, 0.5) is 22.7 Å². The molecule has 10 nitrogen and oxygen atoms in total. The first-order valence-electron chi connectivity index (χ1n) is 24.1. The van der Waals surface area contributed by atoms with Crippen molar-refractivity contribution in [2.45, 2.75) is 0 Å². The molecular weight excluding hydrogens is 922 g/mol. The van der Waals surface area contributed by atoms with Gasteiger partial charge < -0.3 is 8.83 Å². The number of anilines is 4. The van der Waals surface area contributed by atoms with Gasteiger partial charge in [-0.15, -0.1) is 0 Å². The maximum absolute atomic E-state index is 17.4. The Bertz CT molecular complexity index is 4510. The Morgan fingerprint density at radius 3 is 1.53 bits per heavy atom. The minimum absolute atomic E-state index is 0.498. The third kappa shape index (κ3) is 6.21. The van der Waals surface area contributed by atoms with Crippen molar-refractivity contribution in [1.29, 1.82) is 0 Å². The van der Waals surface area contributed by atoms with E-state index in [-0.39, 0.29) is 0 Å². The summed E-state index contributed by atoms with van der Waals surface area (Å²) in [4.78, 5) is 19.9. The molecule has 0 aliphatic carbocycles. The third-order valence-electron chi connectivity index (χ3n) is 14.1. The van der Waals surface area contributed by atoms with E-state index in [4.69, 9.17) is 23.8 Å². The highest BCUT2D eigenvalue weighted by Crippen LogP contribution is 2.72. The molecule has 0 amide bonds. The first-order valence-corrected chi connectivity index (χ1v) is 25.7. The molecule has 6 heterocycles. The van der Waals surface area contributed by atoms with Gasteiger partial charge in [0.15, 0.2) is 11.6 Å². The molecule has 344 valence electrons. The molecule has 14 aromatic rings. The zero-order chi connectivity index (χ0) is 48.2. The lowest BCUT2D eigenvalue weighted by molar-refractivity contribution is 0.582. The summed E-state index contributed by atoms with van der Waals surface area (Å²) in [5, 5.41) is 6.25. The average Bonchev–Trinajstić information content (AvgIpc) is 4.20. The summed E-state index contributed by atoms with van der Waals surface area (Å²) < 4.78 is 36.7. The summed E-state index contributed by atoms with van der Waals surface area (Å²) in [6, 6.07) is 73.0. The summed E-state index contributed by atoms with van der Waals surface area (Å²) >= 11 is 0. The van der Waals surface area contributed by atoms with Crippen molar-refractivity contribution >= 4 is 101 Å². The van der Waals surface area contributed by atoms with Gasteiger partial charge in [0.1, 0.15) is 22.3 Å². The topological polar surface area (TPSA) is 106 Å². The predicted molar refractivity (Wildman–Crippen MR) is 294 cm³/mol. The van der Waals surface area contributed by atoms with E-state index in [1.807, 2.05) is 164 Å². The van der Waals surface area contributed by atoms with Crippen molar-refractivity contribution in [2.75, 3.05) is 9.34 Å². The molecule has 0 spiro atoms. The van der Waals surface area contributed by atoms with Gasteiger partial charge in [-0.1, -0.05) is 140 Å². The van der Waals surface area contributed by atoms with Gasteiger partial charge >= 0.3 is 7.44 Å². The Labute approximate surface area is 417 Å². The molecule has 0 saturated heterocycles. The lowest BCUT2D eigenvalue weighted by Gasteiger charge is -2.33. The van der Waals surface area contributed by atoms with Crippen LogP contribution >= 0.6 is 7.44 Å². The number of rotatable bonds is 7. The molecule has 0 bridgehead atoms. The van der Waals surface area contributed by atoms with Crippen molar-refractivity contribution in [3.05, 3.63) is 231 Å². The molecule has 73 heavy (non-hydrogen) atoms. The van der Waals surface area contributed by atoms with E-state index in [2.05, 4.69) is 79.6 Å². The molecular formula is C62H38N7O3P. The maximum atomic E-state index is 17.4. The van der Waals surface area contributed by atoms with Crippen LogP contribution in [0.2, 0.25) is 0 Å². The maximum Gasteiger partial charge on any atom is 0.301 e. The Morgan fingerprint density at radius 2 is 0.904 bits per heavy atom. The lowest BCUT2D eigenvalue weighted by Crippen LogP contribution is -2.26. The van der Waals surface area contributed by atoms with Gasteiger partial charge in [0.05, 0.1) is 49.9 Å². The monoisotopic (exact) mass is 959 g/mol. The SMILES string of the molecule is O=P1(c2ccccc2)N(c2cccc3oc4ccccc4c23)c2ccc(-c3ccc4c(c3)c3cnccc3n4-c3nc(-c4ccccc4)nc(-c4ccccc4)n3)cc2N1c1cccc2oc3ccccc3c12. The van der Waals surface area contributed by atoms with Crippen LogP contribution in [0.3, 0.4) is 0 Å². The van der Waals surface area contributed by atoms with Crippen molar-refractivity contribution in [3.63, 3.8) is 0 Å². The number of nitrogens with zero attached hydrogens (tertiary/aromatic N) is 7. The number of aromatic nitrogens is 5. The molecule has 1 aliphatic rings. The smallest absolute Gasteiger partial charge is 0.301 e. The second-order valence-electron chi connectivity index (χ2n) is 18.2. The summed E-state index contributed by atoms with van der Waals surface area (Å²) in [7, 11) is -3.90.